The van der Waals surface area contributed by atoms with Crippen LogP contribution in [0.4, 0.5) is 10.6 Å². The van der Waals surface area contributed by atoms with Gasteiger partial charge in [0, 0.05) is 18.9 Å². The minimum Gasteiger partial charge on any atom is -0.466 e. The topological polar surface area (TPSA) is 94.6 Å². The minimum atomic E-state index is -0.599. The largest absolute Gasteiger partial charge is 0.466 e. The summed E-state index contributed by atoms with van der Waals surface area (Å²) in [6, 6.07) is 3.49. The van der Waals surface area contributed by atoms with Gasteiger partial charge in [-0.1, -0.05) is 24.8 Å². The Balaban J connectivity index is 2.94. The molecule has 1 rings (SSSR count). The van der Waals surface area contributed by atoms with Gasteiger partial charge in [0.1, 0.15) is 11.4 Å². The van der Waals surface area contributed by atoms with E-state index in [0.717, 1.165) is 17.3 Å². The normalized spacial score (nSPS) is 13.4. The number of esters is 1. The third-order valence-electron chi connectivity index (χ3n) is 3.82. The number of amides is 1. The van der Waals surface area contributed by atoms with Crippen molar-refractivity contribution in [2.75, 3.05) is 17.7 Å². The molecular formula is C20H30N2O5S. The van der Waals surface area contributed by atoms with Crippen LogP contribution < -0.4 is 5.32 Å². The van der Waals surface area contributed by atoms with Crippen molar-refractivity contribution in [1.29, 1.82) is 0 Å². The van der Waals surface area contributed by atoms with Gasteiger partial charge in [0.05, 0.1) is 12.5 Å². The van der Waals surface area contributed by atoms with Crippen LogP contribution in [0.2, 0.25) is 0 Å². The van der Waals surface area contributed by atoms with Gasteiger partial charge in [-0.15, -0.1) is 0 Å². The lowest BCUT2D eigenvalue weighted by molar-refractivity contribution is -0.148. The number of carbonyl (C=O) groups is 3. The lowest BCUT2D eigenvalue weighted by Gasteiger charge is -2.24. The van der Waals surface area contributed by atoms with Crippen molar-refractivity contribution in [1.82, 2.24) is 4.98 Å². The fourth-order valence-corrected chi connectivity index (χ4v) is 3.45. The minimum absolute atomic E-state index is 0.0424. The monoisotopic (exact) mass is 410 g/mol. The van der Waals surface area contributed by atoms with Crippen molar-refractivity contribution in [3.8, 4) is 0 Å². The quantitative estimate of drug-likeness (QED) is 0.635. The first-order chi connectivity index (χ1) is 13.1. The predicted molar refractivity (Wildman–Crippen MR) is 110 cm³/mol. The van der Waals surface area contributed by atoms with E-state index < -0.39 is 17.6 Å². The number of hydrogen-bond acceptors (Lipinski definition) is 7. The third-order valence-corrected chi connectivity index (χ3v) is 4.76. The van der Waals surface area contributed by atoms with E-state index in [-0.39, 0.29) is 23.6 Å². The fraction of sp³-hybridized carbons (Fsp3) is 0.600. The van der Waals surface area contributed by atoms with E-state index in [4.69, 9.17) is 9.47 Å². The molecular weight excluding hydrogens is 380 g/mol. The predicted octanol–water partition coefficient (Wildman–Crippen LogP) is 4.38. The molecule has 1 N–H and O–H groups in total. The SMILES string of the molecule is CCOC(=O)C(CSC(C)=O)C(CC)c1ccc(NC(=O)OC(C)(C)C)nc1. The molecule has 1 aromatic rings. The van der Waals surface area contributed by atoms with E-state index in [9.17, 15) is 14.4 Å². The van der Waals surface area contributed by atoms with E-state index in [1.54, 1.807) is 40.0 Å². The van der Waals surface area contributed by atoms with Crippen molar-refractivity contribution in [2.45, 2.75) is 59.5 Å². The number of hydrogen-bond donors (Lipinski definition) is 1. The lowest BCUT2D eigenvalue weighted by Crippen LogP contribution is -2.28. The molecule has 1 heterocycles. The van der Waals surface area contributed by atoms with E-state index in [2.05, 4.69) is 10.3 Å². The second-order valence-corrected chi connectivity index (χ2v) is 8.48. The van der Waals surface area contributed by atoms with Gasteiger partial charge < -0.3 is 9.47 Å². The first-order valence-corrected chi connectivity index (χ1v) is 10.3. The number of nitrogens with one attached hydrogen (secondary N) is 1. The maximum Gasteiger partial charge on any atom is 0.413 e. The zero-order valence-corrected chi connectivity index (χ0v) is 18.2. The van der Waals surface area contributed by atoms with Crippen LogP contribution in [-0.2, 0) is 19.1 Å². The molecule has 1 aromatic heterocycles. The highest BCUT2D eigenvalue weighted by atomic mass is 32.2. The molecule has 156 valence electrons. The molecule has 2 unspecified atom stereocenters. The average molecular weight is 411 g/mol. The summed E-state index contributed by atoms with van der Waals surface area (Å²) in [6.07, 6.45) is 1.73. The Labute approximate surface area is 171 Å². The molecule has 0 aliphatic rings. The summed E-state index contributed by atoms with van der Waals surface area (Å²) in [4.78, 5) is 39.9. The molecule has 0 aliphatic heterocycles. The van der Waals surface area contributed by atoms with Crippen LogP contribution in [0, 0.1) is 5.92 Å². The molecule has 0 aromatic carbocycles. The summed E-state index contributed by atoms with van der Waals surface area (Å²) in [5.74, 6) is -0.207. The molecule has 28 heavy (non-hydrogen) atoms. The zero-order valence-electron chi connectivity index (χ0n) is 17.4. The Morgan fingerprint density at radius 1 is 1.21 bits per heavy atom. The van der Waals surface area contributed by atoms with Crippen molar-refractivity contribution < 1.29 is 23.9 Å². The Morgan fingerprint density at radius 2 is 1.89 bits per heavy atom. The van der Waals surface area contributed by atoms with Gasteiger partial charge in [0.25, 0.3) is 0 Å². The van der Waals surface area contributed by atoms with Crippen LogP contribution >= 0.6 is 11.8 Å². The second kappa shape index (κ2) is 11.0. The van der Waals surface area contributed by atoms with Gasteiger partial charge in [-0.2, -0.15) is 0 Å². The van der Waals surface area contributed by atoms with Gasteiger partial charge in [-0.25, -0.2) is 9.78 Å². The number of nitrogens with zero attached hydrogens (tertiary/aromatic N) is 1. The maximum absolute atomic E-state index is 12.4. The number of thioether (sulfide) groups is 1. The van der Waals surface area contributed by atoms with Crippen LogP contribution in [0.5, 0.6) is 0 Å². The molecule has 0 spiro atoms. The number of aromatic nitrogens is 1. The summed E-state index contributed by atoms with van der Waals surface area (Å²) < 4.78 is 10.4. The van der Waals surface area contributed by atoms with E-state index in [1.807, 2.05) is 13.0 Å². The van der Waals surface area contributed by atoms with Crippen molar-refractivity contribution >= 4 is 34.8 Å². The Morgan fingerprint density at radius 3 is 2.36 bits per heavy atom. The van der Waals surface area contributed by atoms with Crippen LogP contribution in [0.3, 0.4) is 0 Å². The summed E-state index contributed by atoms with van der Waals surface area (Å²) in [7, 11) is 0. The Kier molecular flexibility index (Phi) is 9.45. The van der Waals surface area contributed by atoms with E-state index in [0.29, 0.717) is 18.0 Å². The molecule has 0 saturated carbocycles. The smallest absolute Gasteiger partial charge is 0.413 e. The third kappa shape index (κ3) is 8.29. The highest BCUT2D eigenvalue weighted by molar-refractivity contribution is 8.13. The lowest BCUT2D eigenvalue weighted by atomic mass is 9.86. The molecule has 7 nitrogen and oxygen atoms in total. The van der Waals surface area contributed by atoms with Crippen LogP contribution in [0.25, 0.3) is 0 Å². The number of pyridine rings is 1. The fourth-order valence-electron chi connectivity index (χ4n) is 2.66. The maximum atomic E-state index is 12.4. The summed E-state index contributed by atoms with van der Waals surface area (Å²) in [6.45, 7) is 10.8. The van der Waals surface area contributed by atoms with Gasteiger partial charge in [-0.05, 0) is 51.7 Å². The molecule has 0 aliphatic carbocycles. The molecule has 1 amide bonds. The Bertz CT molecular complexity index is 670. The number of ether oxygens (including phenoxy) is 2. The van der Waals surface area contributed by atoms with E-state index >= 15 is 0 Å². The first-order valence-electron chi connectivity index (χ1n) is 9.33. The molecule has 0 bridgehead atoms. The van der Waals surface area contributed by atoms with Crippen LogP contribution in [0.15, 0.2) is 18.3 Å². The number of rotatable bonds is 8. The average Bonchev–Trinajstić information content (AvgIpc) is 2.57. The van der Waals surface area contributed by atoms with Gasteiger partial charge in [-0.3, -0.25) is 14.9 Å². The standard InChI is InChI=1S/C20H30N2O5S/c1-7-15(16(12-28-13(3)23)18(24)26-8-2)14-9-10-17(21-11-14)22-19(25)27-20(4,5)6/h9-11,15-16H,7-8,12H2,1-6H3,(H,21,22,25). The molecule has 0 saturated heterocycles. The Hall–Kier alpha value is -2.09. The number of anilines is 1. The molecule has 0 fully saturated rings. The van der Waals surface area contributed by atoms with Gasteiger partial charge in [0.15, 0.2) is 5.12 Å². The highest BCUT2D eigenvalue weighted by Crippen LogP contribution is 2.32. The summed E-state index contributed by atoms with van der Waals surface area (Å²) in [5, 5.41) is 2.54. The molecule has 8 heteroatoms. The van der Waals surface area contributed by atoms with Crippen LogP contribution in [0.1, 0.15) is 59.4 Å². The van der Waals surface area contributed by atoms with Gasteiger partial charge >= 0.3 is 12.1 Å². The van der Waals surface area contributed by atoms with Crippen LogP contribution in [-0.4, -0.2) is 40.1 Å². The van der Waals surface area contributed by atoms with Crippen molar-refractivity contribution in [2.24, 2.45) is 5.92 Å². The van der Waals surface area contributed by atoms with Crippen molar-refractivity contribution in [3.63, 3.8) is 0 Å². The summed E-state index contributed by atoms with van der Waals surface area (Å²) >= 11 is 1.12. The summed E-state index contributed by atoms with van der Waals surface area (Å²) in [5.41, 5.74) is 0.248. The number of carbonyl (C=O) groups excluding carboxylic acids is 3. The first kappa shape index (κ1) is 23.9. The second-order valence-electron chi connectivity index (χ2n) is 7.28. The van der Waals surface area contributed by atoms with Gasteiger partial charge in [0.2, 0.25) is 0 Å². The zero-order chi connectivity index (χ0) is 21.3. The molecule has 2 atom stereocenters. The highest BCUT2D eigenvalue weighted by Gasteiger charge is 2.30. The van der Waals surface area contributed by atoms with E-state index in [1.165, 1.54) is 6.92 Å². The molecule has 0 radical (unpaired) electrons. The van der Waals surface area contributed by atoms with Crippen molar-refractivity contribution in [3.05, 3.63) is 23.9 Å².